The Morgan fingerprint density at radius 2 is 1.94 bits per heavy atom. The molecule has 0 aliphatic heterocycles. The molecule has 0 saturated heterocycles. The minimum Gasteiger partial charge on any atom is -0.494 e. The summed E-state index contributed by atoms with van der Waals surface area (Å²) < 4.78 is 5.64. The molecular weight excluding hydrogens is 222 g/mol. The van der Waals surface area contributed by atoms with Crippen molar-refractivity contribution in [1.29, 1.82) is 0 Å². The number of nitrogens with two attached hydrogens (primary N) is 1. The summed E-state index contributed by atoms with van der Waals surface area (Å²) in [6, 6.07) is 9.95. The lowest BCUT2D eigenvalue weighted by Crippen LogP contribution is -2.35. The topological polar surface area (TPSA) is 35.2 Å². The van der Waals surface area contributed by atoms with E-state index >= 15 is 0 Å². The average Bonchev–Trinajstić information content (AvgIpc) is 2.35. The van der Waals surface area contributed by atoms with Crippen molar-refractivity contribution < 1.29 is 4.74 Å². The smallest absolute Gasteiger partial charge is 0.119 e. The fraction of sp³-hybridized carbons (Fsp3) is 0.500. The predicted molar refractivity (Wildman–Crippen MR) is 77.8 cm³/mol. The van der Waals surface area contributed by atoms with Gasteiger partial charge in [-0.1, -0.05) is 30.7 Å². The summed E-state index contributed by atoms with van der Waals surface area (Å²) in [5.41, 5.74) is 6.04. The van der Waals surface area contributed by atoms with Gasteiger partial charge in [0.25, 0.3) is 0 Å². The molecule has 1 unspecified atom stereocenters. The summed E-state index contributed by atoms with van der Waals surface area (Å²) in [7, 11) is 0. The van der Waals surface area contributed by atoms with Crippen LogP contribution in [-0.2, 0) is 0 Å². The van der Waals surface area contributed by atoms with Crippen molar-refractivity contribution in [2.45, 2.75) is 44.6 Å². The maximum atomic E-state index is 6.13. The van der Waals surface area contributed by atoms with Gasteiger partial charge >= 0.3 is 0 Å². The normalized spacial score (nSPS) is 13.9. The van der Waals surface area contributed by atoms with Gasteiger partial charge in [0.15, 0.2) is 0 Å². The zero-order valence-corrected chi connectivity index (χ0v) is 11.4. The molecule has 1 aromatic rings. The number of unbranched alkanes of at least 4 members (excludes halogenated alkanes) is 2. The van der Waals surface area contributed by atoms with E-state index in [1.165, 1.54) is 0 Å². The van der Waals surface area contributed by atoms with Crippen LogP contribution in [0.2, 0.25) is 0 Å². The molecule has 0 saturated carbocycles. The number of hydrogen-bond donors (Lipinski definition) is 1. The van der Waals surface area contributed by atoms with Crippen LogP contribution >= 0.6 is 0 Å². The summed E-state index contributed by atoms with van der Waals surface area (Å²) in [5, 5.41) is 0. The predicted octanol–water partition coefficient (Wildman–Crippen LogP) is 3.92. The molecule has 100 valence electrons. The SMILES string of the molecule is C=CCC(C)(N)CCCCCOc1ccccc1. The molecule has 0 amide bonds. The van der Waals surface area contributed by atoms with Crippen LogP contribution in [0.4, 0.5) is 0 Å². The molecule has 2 N–H and O–H groups in total. The van der Waals surface area contributed by atoms with Crippen molar-refractivity contribution >= 4 is 0 Å². The fourth-order valence-corrected chi connectivity index (χ4v) is 1.95. The monoisotopic (exact) mass is 247 g/mol. The minimum atomic E-state index is -0.0952. The van der Waals surface area contributed by atoms with Gasteiger partial charge in [0, 0.05) is 5.54 Å². The first kappa shape index (κ1) is 14.8. The minimum absolute atomic E-state index is 0.0952. The maximum Gasteiger partial charge on any atom is 0.119 e. The molecule has 1 aromatic carbocycles. The van der Waals surface area contributed by atoms with Crippen LogP contribution in [0.3, 0.4) is 0 Å². The summed E-state index contributed by atoms with van der Waals surface area (Å²) >= 11 is 0. The largest absolute Gasteiger partial charge is 0.494 e. The van der Waals surface area contributed by atoms with E-state index in [0.29, 0.717) is 0 Å². The van der Waals surface area contributed by atoms with Gasteiger partial charge in [-0.2, -0.15) is 0 Å². The zero-order chi connectivity index (χ0) is 13.3. The molecule has 0 aliphatic carbocycles. The summed E-state index contributed by atoms with van der Waals surface area (Å²) in [6.45, 7) is 6.61. The number of hydrogen-bond acceptors (Lipinski definition) is 2. The molecule has 1 rings (SSSR count). The van der Waals surface area contributed by atoms with Gasteiger partial charge in [0.05, 0.1) is 6.61 Å². The average molecular weight is 247 g/mol. The van der Waals surface area contributed by atoms with Crippen LogP contribution in [0.1, 0.15) is 39.0 Å². The van der Waals surface area contributed by atoms with E-state index in [0.717, 1.165) is 44.5 Å². The van der Waals surface area contributed by atoms with Crippen LogP contribution in [0.15, 0.2) is 43.0 Å². The van der Waals surface area contributed by atoms with E-state index in [4.69, 9.17) is 10.5 Å². The molecule has 0 heterocycles. The number of benzene rings is 1. The van der Waals surface area contributed by atoms with Crippen molar-refractivity contribution in [2.24, 2.45) is 5.73 Å². The summed E-state index contributed by atoms with van der Waals surface area (Å²) in [4.78, 5) is 0. The van der Waals surface area contributed by atoms with Crippen LogP contribution < -0.4 is 10.5 Å². The molecule has 18 heavy (non-hydrogen) atoms. The third-order valence-electron chi connectivity index (χ3n) is 3.01. The molecule has 0 aliphatic rings. The first-order chi connectivity index (χ1) is 8.64. The van der Waals surface area contributed by atoms with Gasteiger partial charge in [-0.15, -0.1) is 6.58 Å². The van der Waals surface area contributed by atoms with E-state index in [1.54, 1.807) is 0 Å². The molecule has 0 aromatic heterocycles. The highest BCUT2D eigenvalue weighted by Gasteiger charge is 2.15. The number of rotatable bonds is 9. The highest BCUT2D eigenvalue weighted by Crippen LogP contribution is 2.16. The second kappa shape index (κ2) is 7.93. The third-order valence-corrected chi connectivity index (χ3v) is 3.01. The highest BCUT2D eigenvalue weighted by atomic mass is 16.5. The van der Waals surface area contributed by atoms with Crippen LogP contribution in [0.25, 0.3) is 0 Å². The van der Waals surface area contributed by atoms with E-state index in [1.807, 2.05) is 36.4 Å². The second-order valence-corrected chi connectivity index (χ2v) is 5.12. The van der Waals surface area contributed by atoms with Gasteiger partial charge in [-0.3, -0.25) is 0 Å². The van der Waals surface area contributed by atoms with Crippen molar-refractivity contribution in [3.05, 3.63) is 43.0 Å². The maximum absolute atomic E-state index is 6.13. The Labute approximate surface area is 111 Å². The van der Waals surface area contributed by atoms with Crippen molar-refractivity contribution in [3.8, 4) is 5.75 Å². The summed E-state index contributed by atoms with van der Waals surface area (Å²) in [6.07, 6.45) is 7.23. The molecule has 1 atom stereocenters. The van der Waals surface area contributed by atoms with Gasteiger partial charge in [-0.25, -0.2) is 0 Å². The standard InChI is InChI=1S/C16H25NO/c1-3-12-16(2,17)13-8-5-9-14-18-15-10-6-4-7-11-15/h3-4,6-7,10-11H,1,5,8-9,12-14,17H2,2H3. The van der Waals surface area contributed by atoms with Crippen molar-refractivity contribution in [2.75, 3.05) is 6.61 Å². The zero-order valence-electron chi connectivity index (χ0n) is 11.4. The Morgan fingerprint density at radius 1 is 1.22 bits per heavy atom. The van der Waals surface area contributed by atoms with E-state index in [-0.39, 0.29) is 5.54 Å². The Balaban J connectivity index is 2.04. The van der Waals surface area contributed by atoms with E-state index in [2.05, 4.69) is 13.5 Å². The quantitative estimate of drug-likeness (QED) is 0.530. The highest BCUT2D eigenvalue weighted by molar-refractivity contribution is 5.20. The second-order valence-electron chi connectivity index (χ2n) is 5.12. The molecule has 0 radical (unpaired) electrons. The lowest BCUT2D eigenvalue weighted by molar-refractivity contribution is 0.300. The van der Waals surface area contributed by atoms with Gasteiger partial charge in [-0.05, 0) is 44.7 Å². The van der Waals surface area contributed by atoms with E-state index in [9.17, 15) is 0 Å². The molecule has 0 spiro atoms. The van der Waals surface area contributed by atoms with Crippen LogP contribution in [0.5, 0.6) is 5.75 Å². The van der Waals surface area contributed by atoms with E-state index < -0.39 is 0 Å². The van der Waals surface area contributed by atoms with Gasteiger partial charge < -0.3 is 10.5 Å². The third kappa shape index (κ3) is 6.45. The van der Waals surface area contributed by atoms with Crippen molar-refractivity contribution in [3.63, 3.8) is 0 Å². The van der Waals surface area contributed by atoms with Crippen LogP contribution in [-0.4, -0.2) is 12.1 Å². The van der Waals surface area contributed by atoms with Gasteiger partial charge in [0.2, 0.25) is 0 Å². The molecule has 0 fully saturated rings. The first-order valence-corrected chi connectivity index (χ1v) is 6.72. The first-order valence-electron chi connectivity index (χ1n) is 6.72. The molecule has 0 bridgehead atoms. The summed E-state index contributed by atoms with van der Waals surface area (Å²) in [5.74, 6) is 0.952. The number of para-hydroxylation sites is 1. The lowest BCUT2D eigenvalue weighted by Gasteiger charge is -2.22. The Hall–Kier alpha value is -1.28. The Kier molecular flexibility index (Phi) is 6.51. The van der Waals surface area contributed by atoms with Crippen LogP contribution in [0, 0.1) is 0 Å². The molecule has 2 heteroatoms. The Morgan fingerprint density at radius 3 is 2.61 bits per heavy atom. The fourth-order valence-electron chi connectivity index (χ4n) is 1.95. The van der Waals surface area contributed by atoms with Gasteiger partial charge in [0.1, 0.15) is 5.75 Å². The molecule has 2 nitrogen and oxygen atoms in total. The Bertz CT molecular complexity index is 332. The van der Waals surface area contributed by atoms with Crippen molar-refractivity contribution in [1.82, 2.24) is 0 Å². The lowest BCUT2D eigenvalue weighted by atomic mass is 9.92. The molecular formula is C16H25NO. The number of ether oxygens (including phenoxy) is 1.